The van der Waals surface area contributed by atoms with E-state index in [9.17, 15) is 4.79 Å². The third kappa shape index (κ3) is 4.85. The van der Waals surface area contributed by atoms with Gasteiger partial charge in [0.05, 0.1) is 18.4 Å². The van der Waals surface area contributed by atoms with Crippen LogP contribution in [0.4, 0.5) is 11.8 Å². The highest BCUT2D eigenvalue weighted by atomic mass is 32.2. The van der Waals surface area contributed by atoms with Crippen molar-refractivity contribution in [2.75, 3.05) is 61.4 Å². The van der Waals surface area contributed by atoms with E-state index in [1.54, 1.807) is 0 Å². The molecule has 0 spiro atoms. The highest BCUT2D eigenvalue weighted by Gasteiger charge is 2.27. The quantitative estimate of drug-likeness (QED) is 0.584. The molecule has 2 aromatic rings. The molecule has 3 saturated heterocycles. The number of amides is 1. The number of hydrogen-bond acceptors (Lipinski definition) is 8. The van der Waals surface area contributed by atoms with Crippen LogP contribution in [0.2, 0.25) is 0 Å². The average Bonchev–Trinajstić information content (AvgIpc) is 3.61. The number of thioether (sulfide) groups is 1. The SMILES string of the molecule is O=C(CSc1nnc(N2CCCC2)n1C[C@H]1CCCO1)N1CCN(c2ccccn2)CC1. The Morgan fingerprint density at radius 1 is 1.03 bits per heavy atom. The van der Waals surface area contributed by atoms with Gasteiger partial charge in [-0.05, 0) is 37.8 Å². The number of carbonyl (C=O) groups is 1. The second-order valence-corrected chi connectivity index (χ2v) is 9.51. The Labute approximate surface area is 193 Å². The second-order valence-electron chi connectivity index (χ2n) is 8.57. The number of carbonyl (C=O) groups excluding carboxylic acids is 1. The number of anilines is 2. The van der Waals surface area contributed by atoms with Gasteiger partial charge in [-0.15, -0.1) is 10.2 Å². The first-order valence-corrected chi connectivity index (χ1v) is 12.6. The van der Waals surface area contributed by atoms with E-state index in [1.807, 2.05) is 29.3 Å². The largest absolute Gasteiger partial charge is 0.376 e. The number of hydrogen-bond donors (Lipinski definition) is 0. The molecule has 0 bridgehead atoms. The molecule has 10 heteroatoms. The molecule has 0 radical (unpaired) electrons. The standard InChI is InChI=1S/C22H31N7O2S/c30-20(27-13-11-26(12-14-27)19-7-1-2-8-23-19)17-32-22-25-24-21(28-9-3-4-10-28)29(22)16-18-6-5-15-31-18/h1-2,7-8,18H,3-6,9-17H2/t18-/m1/s1. The summed E-state index contributed by atoms with van der Waals surface area (Å²) in [5.74, 6) is 2.44. The topological polar surface area (TPSA) is 79.6 Å². The van der Waals surface area contributed by atoms with Crippen molar-refractivity contribution in [2.45, 2.75) is 43.5 Å². The second kappa shape index (κ2) is 10.1. The summed E-state index contributed by atoms with van der Waals surface area (Å²) >= 11 is 1.50. The molecule has 1 atom stereocenters. The molecule has 0 saturated carbocycles. The van der Waals surface area contributed by atoms with Crippen molar-refractivity contribution in [1.29, 1.82) is 0 Å². The fourth-order valence-electron chi connectivity index (χ4n) is 4.63. The van der Waals surface area contributed by atoms with E-state index in [-0.39, 0.29) is 12.0 Å². The monoisotopic (exact) mass is 457 g/mol. The number of nitrogens with zero attached hydrogens (tertiary/aromatic N) is 7. The lowest BCUT2D eigenvalue weighted by atomic mass is 10.2. The molecule has 172 valence electrons. The van der Waals surface area contributed by atoms with Crippen molar-refractivity contribution in [3.05, 3.63) is 24.4 Å². The van der Waals surface area contributed by atoms with Crippen LogP contribution in [-0.4, -0.2) is 88.3 Å². The Hall–Kier alpha value is -2.33. The van der Waals surface area contributed by atoms with E-state index in [0.717, 1.165) is 82.2 Å². The Bertz CT molecular complexity index is 889. The van der Waals surface area contributed by atoms with Crippen molar-refractivity contribution < 1.29 is 9.53 Å². The van der Waals surface area contributed by atoms with Gasteiger partial charge in [0, 0.05) is 52.1 Å². The summed E-state index contributed by atoms with van der Waals surface area (Å²) in [6, 6.07) is 5.94. The predicted molar refractivity (Wildman–Crippen MR) is 124 cm³/mol. The van der Waals surface area contributed by atoms with E-state index in [2.05, 4.69) is 29.5 Å². The summed E-state index contributed by atoms with van der Waals surface area (Å²) in [6.07, 6.45) is 6.59. The van der Waals surface area contributed by atoms with Crippen molar-refractivity contribution in [1.82, 2.24) is 24.6 Å². The molecular weight excluding hydrogens is 426 g/mol. The lowest BCUT2D eigenvalue weighted by Crippen LogP contribution is -2.49. The van der Waals surface area contributed by atoms with Crippen LogP contribution in [0.25, 0.3) is 0 Å². The van der Waals surface area contributed by atoms with Crippen molar-refractivity contribution in [3.63, 3.8) is 0 Å². The minimum absolute atomic E-state index is 0.157. The number of rotatable bonds is 7. The van der Waals surface area contributed by atoms with Gasteiger partial charge in [0.15, 0.2) is 5.16 Å². The zero-order valence-electron chi connectivity index (χ0n) is 18.4. The van der Waals surface area contributed by atoms with Crippen LogP contribution in [0.15, 0.2) is 29.6 Å². The maximum Gasteiger partial charge on any atom is 0.233 e. The van der Waals surface area contributed by atoms with Gasteiger partial charge in [-0.3, -0.25) is 9.36 Å². The zero-order valence-corrected chi connectivity index (χ0v) is 19.3. The minimum atomic E-state index is 0.157. The maximum absolute atomic E-state index is 12.9. The third-order valence-corrected chi connectivity index (χ3v) is 7.38. The Kier molecular flexibility index (Phi) is 6.77. The zero-order chi connectivity index (χ0) is 21.8. The highest BCUT2D eigenvalue weighted by Crippen LogP contribution is 2.27. The number of piperazine rings is 1. The van der Waals surface area contributed by atoms with Crippen molar-refractivity contribution in [3.8, 4) is 0 Å². The Morgan fingerprint density at radius 2 is 1.88 bits per heavy atom. The van der Waals surface area contributed by atoms with Gasteiger partial charge in [0.25, 0.3) is 0 Å². The van der Waals surface area contributed by atoms with Gasteiger partial charge in [-0.2, -0.15) is 0 Å². The third-order valence-electron chi connectivity index (χ3n) is 6.43. The summed E-state index contributed by atoms with van der Waals surface area (Å²) in [6.45, 7) is 6.69. The molecule has 3 fully saturated rings. The van der Waals surface area contributed by atoms with Crippen LogP contribution in [0.3, 0.4) is 0 Å². The van der Waals surface area contributed by atoms with Crippen molar-refractivity contribution in [2.24, 2.45) is 0 Å². The van der Waals surface area contributed by atoms with E-state index in [1.165, 1.54) is 24.6 Å². The Morgan fingerprint density at radius 3 is 2.59 bits per heavy atom. The molecule has 1 amide bonds. The maximum atomic E-state index is 12.9. The molecule has 9 nitrogen and oxygen atoms in total. The van der Waals surface area contributed by atoms with Gasteiger partial charge in [-0.25, -0.2) is 4.98 Å². The first-order chi connectivity index (χ1) is 15.8. The normalized spacial score (nSPS) is 21.5. The van der Waals surface area contributed by atoms with Gasteiger partial charge in [0.1, 0.15) is 5.82 Å². The van der Waals surface area contributed by atoms with Gasteiger partial charge >= 0.3 is 0 Å². The summed E-state index contributed by atoms with van der Waals surface area (Å²) in [4.78, 5) is 23.8. The molecule has 3 aliphatic rings. The molecule has 0 aromatic carbocycles. The van der Waals surface area contributed by atoms with Gasteiger partial charge in [-0.1, -0.05) is 17.8 Å². The average molecular weight is 458 g/mol. The fourth-order valence-corrected chi connectivity index (χ4v) is 5.48. The number of pyridine rings is 1. The molecule has 0 aliphatic carbocycles. The van der Waals surface area contributed by atoms with E-state index < -0.39 is 0 Å². The van der Waals surface area contributed by atoms with Crippen molar-refractivity contribution >= 4 is 29.4 Å². The first kappa shape index (κ1) is 21.5. The fraction of sp³-hybridized carbons (Fsp3) is 0.636. The Balaban J connectivity index is 1.19. The van der Waals surface area contributed by atoms with Crippen LogP contribution in [0, 0.1) is 0 Å². The molecule has 32 heavy (non-hydrogen) atoms. The van der Waals surface area contributed by atoms with Gasteiger partial charge in [0.2, 0.25) is 11.9 Å². The number of ether oxygens (including phenoxy) is 1. The summed E-state index contributed by atoms with van der Waals surface area (Å²) < 4.78 is 8.06. The molecule has 5 rings (SSSR count). The van der Waals surface area contributed by atoms with E-state index in [0.29, 0.717) is 5.75 Å². The van der Waals surface area contributed by atoms with Crippen LogP contribution < -0.4 is 9.80 Å². The van der Waals surface area contributed by atoms with Crippen LogP contribution in [-0.2, 0) is 16.1 Å². The molecular formula is C22H31N7O2S. The smallest absolute Gasteiger partial charge is 0.233 e. The number of aromatic nitrogens is 4. The molecule has 2 aromatic heterocycles. The van der Waals surface area contributed by atoms with Crippen LogP contribution >= 0.6 is 11.8 Å². The summed E-state index contributed by atoms with van der Waals surface area (Å²) in [5.41, 5.74) is 0. The van der Waals surface area contributed by atoms with E-state index in [4.69, 9.17) is 4.74 Å². The summed E-state index contributed by atoms with van der Waals surface area (Å²) in [7, 11) is 0. The molecule has 0 N–H and O–H groups in total. The summed E-state index contributed by atoms with van der Waals surface area (Å²) in [5, 5.41) is 9.78. The lowest BCUT2D eigenvalue weighted by Gasteiger charge is -2.35. The molecule has 0 unspecified atom stereocenters. The van der Waals surface area contributed by atoms with Crippen LogP contribution in [0.5, 0.6) is 0 Å². The first-order valence-electron chi connectivity index (χ1n) is 11.6. The highest BCUT2D eigenvalue weighted by molar-refractivity contribution is 7.99. The molecule has 3 aliphatic heterocycles. The van der Waals surface area contributed by atoms with Gasteiger partial charge < -0.3 is 19.4 Å². The lowest BCUT2D eigenvalue weighted by molar-refractivity contribution is -0.128. The predicted octanol–water partition coefficient (Wildman–Crippen LogP) is 1.89. The van der Waals surface area contributed by atoms with E-state index >= 15 is 0 Å². The van der Waals surface area contributed by atoms with Crippen LogP contribution in [0.1, 0.15) is 25.7 Å². The molecule has 5 heterocycles. The minimum Gasteiger partial charge on any atom is -0.376 e.